The Kier molecular flexibility index (Phi) is 5.16. The molecule has 0 aliphatic carbocycles. The summed E-state index contributed by atoms with van der Waals surface area (Å²) in [5.41, 5.74) is 4.22. The lowest BCUT2D eigenvalue weighted by molar-refractivity contribution is -0.121. The predicted octanol–water partition coefficient (Wildman–Crippen LogP) is 3.13. The molecule has 0 radical (unpaired) electrons. The van der Waals surface area contributed by atoms with Gasteiger partial charge in [0.05, 0.1) is 12.4 Å². The average Bonchev–Trinajstić information content (AvgIpc) is 3.16. The van der Waals surface area contributed by atoms with E-state index in [4.69, 9.17) is 0 Å². The summed E-state index contributed by atoms with van der Waals surface area (Å²) in [6, 6.07) is 17.8. The number of carbonyl (C=O) groups excluding carboxylic acids is 2. The fourth-order valence-electron chi connectivity index (χ4n) is 3.75. The predicted molar refractivity (Wildman–Crippen MR) is 112 cm³/mol. The molecule has 3 aromatic rings. The van der Waals surface area contributed by atoms with Crippen molar-refractivity contribution < 1.29 is 9.59 Å². The molecule has 0 spiro atoms. The van der Waals surface area contributed by atoms with Crippen LogP contribution in [0.5, 0.6) is 0 Å². The summed E-state index contributed by atoms with van der Waals surface area (Å²) in [6.45, 7) is 4.33. The number of hydrogen-bond acceptors (Lipinski definition) is 3. The van der Waals surface area contributed by atoms with Gasteiger partial charge in [-0.3, -0.25) is 9.59 Å². The fourth-order valence-corrected chi connectivity index (χ4v) is 3.75. The van der Waals surface area contributed by atoms with Crippen LogP contribution in [0.2, 0.25) is 0 Å². The van der Waals surface area contributed by atoms with Gasteiger partial charge in [0.2, 0.25) is 5.91 Å². The van der Waals surface area contributed by atoms with E-state index in [0.717, 1.165) is 16.8 Å². The van der Waals surface area contributed by atoms with E-state index in [1.807, 2.05) is 56.3 Å². The molecule has 1 aliphatic rings. The molecule has 1 fully saturated rings. The second-order valence-corrected chi connectivity index (χ2v) is 7.49. The number of aryl methyl sites for hydroxylation is 2. The molecular formula is C23H24N4O2. The van der Waals surface area contributed by atoms with Crippen molar-refractivity contribution in [3.05, 3.63) is 83.4 Å². The summed E-state index contributed by atoms with van der Waals surface area (Å²) in [5, 5.41) is 0. The molecule has 0 bridgehead atoms. The summed E-state index contributed by atoms with van der Waals surface area (Å²) < 4.78 is 0. The zero-order valence-corrected chi connectivity index (χ0v) is 16.6. The first-order valence-corrected chi connectivity index (χ1v) is 9.75. The van der Waals surface area contributed by atoms with Crippen molar-refractivity contribution in [2.45, 2.75) is 26.3 Å². The third-order valence-electron chi connectivity index (χ3n) is 5.39. The van der Waals surface area contributed by atoms with Gasteiger partial charge in [-0.25, -0.2) is 4.98 Å². The topological polar surface area (TPSA) is 69.3 Å². The zero-order chi connectivity index (χ0) is 20.4. The van der Waals surface area contributed by atoms with Gasteiger partial charge in [0.15, 0.2) is 0 Å². The largest absolute Gasteiger partial charge is 0.348 e. The minimum absolute atomic E-state index is 0.0382. The standard InChI is InChI=1S/C23H24N4O2/c1-16-8-10-19(11-9-16)26-13-20(12-18-6-4-3-5-7-18)27(14-21(26)28)23(29)22-17(2)24-15-25-22/h3-11,15,20H,12-14H2,1-2H3,(H,24,25)/t20-/m1/s1. The van der Waals surface area contributed by atoms with Gasteiger partial charge in [-0.2, -0.15) is 0 Å². The number of nitrogens with zero attached hydrogens (tertiary/aromatic N) is 3. The number of amides is 2. The Bertz CT molecular complexity index is 1010. The Morgan fingerprint density at radius 3 is 2.48 bits per heavy atom. The molecular weight excluding hydrogens is 364 g/mol. The van der Waals surface area contributed by atoms with E-state index >= 15 is 0 Å². The summed E-state index contributed by atoms with van der Waals surface area (Å²) >= 11 is 0. The highest BCUT2D eigenvalue weighted by atomic mass is 16.2. The molecule has 6 nitrogen and oxygen atoms in total. The Morgan fingerprint density at radius 1 is 1.10 bits per heavy atom. The third kappa shape index (κ3) is 3.92. The second-order valence-electron chi connectivity index (χ2n) is 7.49. The zero-order valence-electron chi connectivity index (χ0n) is 16.6. The smallest absolute Gasteiger partial charge is 0.275 e. The molecule has 6 heteroatoms. The molecule has 29 heavy (non-hydrogen) atoms. The maximum Gasteiger partial charge on any atom is 0.275 e. The first-order chi connectivity index (χ1) is 14.0. The normalized spacial score (nSPS) is 16.9. The lowest BCUT2D eigenvalue weighted by Gasteiger charge is -2.41. The van der Waals surface area contributed by atoms with Gasteiger partial charge in [-0.05, 0) is 38.0 Å². The van der Waals surface area contributed by atoms with Crippen molar-refractivity contribution in [1.82, 2.24) is 14.9 Å². The SMILES string of the molecule is Cc1ccc(N2C[C@@H](Cc3ccccc3)N(C(=O)c3nc[nH]c3C)CC2=O)cc1. The van der Waals surface area contributed by atoms with Crippen molar-refractivity contribution >= 4 is 17.5 Å². The molecule has 1 aromatic heterocycles. The number of benzene rings is 2. The summed E-state index contributed by atoms with van der Waals surface area (Å²) in [6.07, 6.45) is 2.19. The third-order valence-corrected chi connectivity index (χ3v) is 5.39. The Labute approximate surface area is 170 Å². The number of piperazine rings is 1. The minimum atomic E-state index is -0.207. The molecule has 1 N–H and O–H groups in total. The van der Waals surface area contributed by atoms with E-state index in [-0.39, 0.29) is 24.4 Å². The van der Waals surface area contributed by atoms with E-state index < -0.39 is 0 Å². The van der Waals surface area contributed by atoms with Crippen LogP contribution in [0, 0.1) is 13.8 Å². The molecule has 148 valence electrons. The molecule has 0 saturated carbocycles. The lowest BCUT2D eigenvalue weighted by atomic mass is 10.0. The Hall–Kier alpha value is -3.41. The molecule has 0 unspecified atom stereocenters. The maximum absolute atomic E-state index is 13.2. The minimum Gasteiger partial charge on any atom is -0.348 e. The van der Waals surface area contributed by atoms with Gasteiger partial charge in [0, 0.05) is 17.9 Å². The van der Waals surface area contributed by atoms with Gasteiger partial charge in [-0.15, -0.1) is 0 Å². The van der Waals surface area contributed by atoms with Crippen LogP contribution >= 0.6 is 0 Å². The molecule has 2 heterocycles. The van der Waals surface area contributed by atoms with Crippen LogP contribution in [0.4, 0.5) is 5.69 Å². The number of carbonyl (C=O) groups is 2. The second kappa shape index (κ2) is 7.91. The van der Waals surface area contributed by atoms with Crippen molar-refractivity contribution in [3.63, 3.8) is 0 Å². The highest BCUT2D eigenvalue weighted by molar-refractivity contribution is 6.01. The van der Waals surface area contributed by atoms with Gasteiger partial charge in [0.25, 0.3) is 5.91 Å². The molecule has 1 atom stereocenters. The molecule has 2 aromatic carbocycles. The number of aromatic amines is 1. The van der Waals surface area contributed by atoms with Crippen molar-refractivity contribution in [2.75, 3.05) is 18.0 Å². The van der Waals surface area contributed by atoms with Gasteiger partial charge < -0.3 is 14.8 Å². The average molecular weight is 388 g/mol. The van der Waals surface area contributed by atoms with E-state index in [1.54, 1.807) is 9.80 Å². The van der Waals surface area contributed by atoms with Crippen LogP contribution in [0.25, 0.3) is 0 Å². The van der Waals surface area contributed by atoms with Crippen LogP contribution in [0.3, 0.4) is 0 Å². The van der Waals surface area contributed by atoms with Crippen LogP contribution in [0.1, 0.15) is 27.3 Å². The van der Waals surface area contributed by atoms with Crippen molar-refractivity contribution in [2.24, 2.45) is 0 Å². The van der Waals surface area contributed by atoms with E-state index in [9.17, 15) is 9.59 Å². The maximum atomic E-state index is 13.2. The number of H-pyrrole nitrogens is 1. The van der Waals surface area contributed by atoms with Crippen LogP contribution in [0.15, 0.2) is 60.9 Å². The van der Waals surface area contributed by atoms with E-state index in [2.05, 4.69) is 22.1 Å². The lowest BCUT2D eigenvalue weighted by Crippen LogP contribution is -2.59. The number of anilines is 1. The number of rotatable bonds is 4. The molecule has 4 rings (SSSR count). The van der Waals surface area contributed by atoms with E-state index in [1.165, 1.54) is 6.33 Å². The Balaban J connectivity index is 1.65. The van der Waals surface area contributed by atoms with Crippen LogP contribution in [-0.4, -0.2) is 45.8 Å². The number of nitrogens with one attached hydrogen (secondary N) is 1. The Morgan fingerprint density at radius 2 is 1.83 bits per heavy atom. The number of hydrogen-bond donors (Lipinski definition) is 1. The van der Waals surface area contributed by atoms with Gasteiger partial charge >= 0.3 is 0 Å². The monoisotopic (exact) mass is 388 g/mol. The van der Waals surface area contributed by atoms with Crippen LogP contribution < -0.4 is 4.90 Å². The van der Waals surface area contributed by atoms with Crippen molar-refractivity contribution in [1.29, 1.82) is 0 Å². The van der Waals surface area contributed by atoms with E-state index in [0.29, 0.717) is 24.4 Å². The molecule has 1 aliphatic heterocycles. The summed E-state index contributed by atoms with van der Waals surface area (Å²) in [7, 11) is 0. The number of imidazole rings is 1. The van der Waals surface area contributed by atoms with Crippen molar-refractivity contribution in [3.8, 4) is 0 Å². The van der Waals surface area contributed by atoms with Gasteiger partial charge in [-0.1, -0.05) is 48.0 Å². The molecule has 1 saturated heterocycles. The molecule has 2 amide bonds. The quantitative estimate of drug-likeness (QED) is 0.747. The number of aromatic nitrogens is 2. The van der Waals surface area contributed by atoms with Crippen LogP contribution in [-0.2, 0) is 11.2 Å². The first kappa shape index (κ1) is 18.9. The highest BCUT2D eigenvalue weighted by Gasteiger charge is 2.37. The first-order valence-electron chi connectivity index (χ1n) is 9.75. The van der Waals surface area contributed by atoms with Gasteiger partial charge in [0.1, 0.15) is 12.2 Å². The summed E-state index contributed by atoms with van der Waals surface area (Å²) in [5.74, 6) is -0.290. The highest BCUT2D eigenvalue weighted by Crippen LogP contribution is 2.24. The fraction of sp³-hybridized carbons (Fsp3) is 0.261. The summed E-state index contributed by atoms with van der Waals surface area (Å²) in [4.78, 5) is 36.7.